The first-order chi connectivity index (χ1) is 9.74. The number of aryl methyl sites for hydroxylation is 1. The molecule has 0 saturated carbocycles. The minimum atomic E-state index is 0.807. The number of aromatic nitrogens is 2. The van der Waals surface area contributed by atoms with Gasteiger partial charge in [-0.1, -0.05) is 34.1 Å². The van der Waals surface area contributed by atoms with E-state index in [1.807, 2.05) is 41.1 Å². The van der Waals surface area contributed by atoms with Crippen molar-refractivity contribution in [2.24, 2.45) is 0 Å². The first-order valence-electron chi connectivity index (χ1n) is 6.36. The third kappa shape index (κ3) is 2.60. The Balaban J connectivity index is 1.95. The van der Waals surface area contributed by atoms with E-state index in [1.165, 1.54) is 5.56 Å². The fraction of sp³-hybridized carbons (Fsp3) is 0.0625. The van der Waals surface area contributed by atoms with Gasteiger partial charge in [0.15, 0.2) is 0 Å². The fourth-order valence-electron chi connectivity index (χ4n) is 2.08. The minimum Gasteiger partial charge on any atom is -0.325 e. The molecule has 0 amide bonds. The van der Waals surface area contributed by atoms with E-state index in [1.54, 1.807) is 6.20 Å². The molecule has 0 bridgehead atoms. The van der Waals surface area contributed by atoms with E-state index < -0.39 is 0 Å². The van der Waals surface area contributed by atoms with Crippen LogP contribution in [0.25, 0.3) is 5.69 Å². The van der Waals surface area contributed by atoms with Crippen LogP contribution in [-0.2, 0) is 0 Å². The Hall–Kier alpha value is -2.07. The molecule has 0 aliphatic carbocycles. The van der Waals surface area contributed by atoms with Crippen LogP contribution < -0.4 is 5.32 Å². The second kappa shape index (κ2) is 5.51. The van der Waals surface area contributed by atoms with Gasteiger partial charge in [-0.3, -0.25) is 4.57 Å². The number of rotatable bonds is 3. The van der Waals surface area contributed by atoms with Crippen molar-refractivity contribution in [1.82, 2.24) is 9.55 Å². The average Bonchev–Trinajstić information content (AvgIpc) is 2.91. The Labute approximate surface area is 126 Å². The van der Waals surface area contributed by atoms with Crippen LogP contribution in [0.1, 0.15) is 5.56 Å². The molecule has 0 unspecified atom stereocenters. The van der Waals surface area contributed by atoms with Gasteiger partial charge in [0.1, 0.15) is 0 Å². The van der Waals surface area contributed by atoms with Crippen LogP contribution in [0.2, 0.25) is 0 Å². The summed E-state index contributed by atoms with van der Waals surface area (Å²) in [5.41, 5.74) is 3.31. The number of benzene rings is 2. The van der Waals surface area contributed by atoms with E-state index in [-0.39, 0.29) is 0 Å². The van der Waals surface area contributed by atoms with Gasteiger partial charge >= 0.3 is 0 Å². The molecule has 1 heterocycles. The van der Waals surface area contributed by atoms with E-state index in [0.29, 0.717) is 0 Å². The summed E-state index contributed by atoms with van der Waals surface area (Å²) in [6.07, 6.45) is 3.75. The van der Waals surface area contributed by atoms with Crippen LogP contribution in [0.3, 0.4) is 0 Å². The van der Waals surface area contributed by atoms with Crippen molar-refractivity contribution < 1.29 is 0 Å². The van der Waals surface area contributed by atoms with Crippen molar-refractivity contribution in [3.8, 4) is 5.69 Å². The van der Waals surface area contributed by atoms with Gasteiger partial charge in [-0.05, 0) is 42.8 Å². The van der Waals surface area contributed by atoms with Crippen LogP contribution >= 0.6 is 15.9 Å². The second-order valence-electron chi connectivity index (χ2n) is 4.54. The van der Waals surface area contributed by atoms with Crippen molar-refractivity contribution in [2.45, 2.75) is 6.92 Å². The maximum atomic E-state index is 4.39. The summed E-state index contributed by atoms with van der Waals surface area (Å²) < 4.78 is 3.11. The van der Waals surface area contributed by atoms with Gasteiger partial charge in [-0.2, -0.15) is 0 Å². The lowest BCUT2D eigenvalue weighted by atomic mass is 10.2. The number of halogens is 1. The van der Waals surface area contributed by atoms with Crippen molar-refractivity contribution >= 4 is 27.6 Å². The maximum absolute atomic E-state index is 4.39. The standard InChI is InChI=1S/C16H14BrN3/c1-12-11-13(17)7-8-15(12)19-16-18-9-10-20(16)14-5-3-2-4-6-14/h2-11H,1H3,(H,18,19). The van der Waals surface area contributed by atoms with Gasteiger partial charge in [0.25, 0.3) is 0 Å². The van der Waals surface area contributed by atoms with Gasteiger partial charge in [-0.25, -0.2) is 4.98 Å². The Morgan fingerprint density at radius 3 is 2.65 bits per heavy atom. The van der Waals surface area contributed by atoms with Crippen LogP contribution in [0.5, 0.6) is 0 Å². The van der Waals surface area contributed by atoms with Gasteiger partial charge in [0.2, 0.25) is 5.95 Å². The molecule has 1 N–H and O–H groups in total. The lowest BCUT2D eigenvalue weighted by Crippen LogP contribution is -2.02. The molecule has 20 heavy (non-hydrogen) atoms. The number of para-hydroxylation sites is 1. The van der Waals surface area contributed by atoms with Gasteiger partial charge < -0.3 is 5.32 Å². The highest BCUT2D eigenvalue weighted by Gasteiger charge is 2.06. The topological polar surface area (TPSA) is 29.9 Å². The third-order valence-electron chi connectivity index (χ3n) is 3.11. The molecular weight excluding hydrogens is 314 g/mol. The highest BCUT2D eigenvalue weighted by molar-refractivity contribution is 9.10. The summed E-state index contributed by atoms with van der Waals surface area (Å²) in [7, 11) is 0. The summed E-state index contributed by atoms with van der Waals surface area (Å²) in [6, 6.07) is 16.3. The average molecular weight is 328 g/mol. The molecule has 1 aromatic heterocycles. The highest BCUT2D eigenvalue weighted by Crippen LogP contribution is 2.24. The van der Waals surface area contributed by atoms with Crippen LogP contribution in [0, 0.1) is 6.92 Å². The summed E-state index contributed by atoms with van der Waals surface area (Å²) in [5.74, 6) is 0.807. The molecule has 0 aliphatic rings. The zero-order valence-corrected chi connectivity index (χ0v) is 12.6. The van der Waals surface area contributed by atoms with E-state index in [0.717, 1.165) is 21.8 Å². The zero-order valence-electron chi connectivity index (χ0n) is 11.0. The SMILES string of the molecule is Cc1cc(Br)ccc1Nc1nccn1-c1ccccc1. The zero-order chi connectivity index (χ0) is 13.9. The summed E-state index contributed by atoms with van der Waals surface area (Å²) in [5, 5.41) is 3.38. The molecule has 0 atom stereocenters. The summed E-state index contributed by atoms with van der Waals surface area (Å²) >= 11 is 3.48. The molecule has 100 valence electrons. The second-order valence-corrected chi connectivity index (χ2v) is 5.46. The third-order valence-corrected chi connectivity index (χ3v) is 3.60. The predicted molar refractivity (Wildman–Crippen MR) is 85.7 cm³/mol. The molecule has 4 heteroatoms. The Morgan fingerprint density at radius 2 is 1.90 bits per heavy atom. The van der Waals surface area contributed by atoms with Crippen LogP contribution in [0.4, 0.5) is 11.6 Å². The molecule has 2 aromatic carbocycles. The maximum Gasteiger partial charge on any atom is 0.212 e. The van der Waals surface area contributed by atoms with Crippen LogP contribution in [0.15, 0.2) is 65.4 Å². The Kier molecular flexibility index (Phi) is 3.56. The van der Waals surface area contributed by atoms with Gasteiger partial charge in [0.05, 0.1) is 0 Å². The van der Waals surface area contributed by atoms with Gasteiger partial charge in [0, 0.05) is 28.2 Å². The minimum absolute atomic E-state index is 0.807. The monoisotopic (exact) mass is 327 g/mol. The van der Waals surface area contributed by atoms with Gasteiger partial charge in [-0.15, -0.1) is 0 Å². The highest BCUT2D eigenvalue weighted by atomic mass is 79.9. The quantitative estimate of drug-likeness (QED) is 0.756. The van der Waals surface area contributed by atoms with E-state index in [9.17, 15) is 0 Å². The lowest BCUT2D eigenvalue weighted by Gasteiger charge is -2.12. The molecule has 0 fully saturated rings. The molecular formula is C16H14BrN3. The van der Waals surface area contributed by atoms with Crippen molar-refractivity contribution in [3.63, 3.8) is 0 Å². The van der Waals surface area contributed by atoms with E-state index >= 15 is 0 Å². The lowest BCUT2D eigenvalue weighted by molar-refractivity contribution is 1.06. The van der Waals surface area contributed by atoms with Crippen molar-refractivity contribution in [3.05, 3.63) is 71.0 Å². The normalized spacial score (nSPS) is 10.5. The molecule has 3 aromatic rings. The van der Waals surface area contributed by atoms with Crippen molar-refractivity contribution in [1.29, 1.82) is 0 Å². The molecule has 0 aliphatic heterocycles. The molecule has 3 nitrogen and oxygen atoms in total. The number of hydrogen-bond donors (Lipinski definition) is 1. The molecule has 0 saturated heterocycles. The van der Waals surface area contributed by atoms with Crippen LogP contribution in [-0.4, -0.2) is 9.55 Å². The number of imidazole rings is 1. The summed E-state index contributed by atoms with van der Waals surface area (Å²) in [4.78, 5) is 4.39. The Morgan fingerprint density at radius 1 is 1.10 bits per heavy atom. The first-order valence-corrected chi connectivity index (χ1v) is 7.15. The Bertz CT molecular complexity index is 720. The first kappa shape index (κ1) is 12.9. The number of nitrogens with zero attached hydrogens (tertiary/aromatic N) is 2. The fourth-order valence-corrected chi connectivity index (χ4v) is 2.56. The van der Waals surface area contributed by atoms with E-state index in [2.05, 4.69) is 51.4 Å². The molecule has 3 rings (SSSR count). The smallest absolute Gasteiger partial charge is 0.212 e. The number of nitrogens with one attached hydrogen (secondary N) is 1. The van der Waals surface area contributed by atoms with Crippen molar-refractivity contribution in [2.75, 3.05) is 5.32 Å². The number of hydrogen-bond acceptors (Lipinski definition) is 2. The summed E-state index contributed by atoms with van der Waals surface area (Å²) in [6.45, 7) is 2.07. The molecule has 0 radical (unpaired) electrons. The predicted octanol–water partition coefficient (Wildman–Crippen LogP) is 4.69. The number of anilines is 2. The van der Waals surface area contributed by atoms with E-state index in [4.69, 9.17) is 0 Å². The molecule has 0 spiro atoms. The largest absolute Gasteiger partial charge is 0.325 e.